The van der Waals surface area contributed by atoms with E-state index in [1.165, 1.54) is 17.6 Å². The molecule has 3 N–H and O–H groups in total. The Balaban J connectivity index is 0.00000324. The Morgan fingerprint density at radius 1 is 1.53 bits per heavy atom. The third-order valence-electron chi connectivity index (χ3n) is 1.98. The number of thiophene rings is 1. The fourth-order valence-electron chi connectivity index (χ4n) is 1.10. The van der Waals surface area contributed by atoms with E-state index in [-0.39, 0.29) is 24.0 Å². The molecule has 8 heteroatoms. The van der Waals surface area contributed by atoms with Gasteiger partial charge in [-0.25, -0.2) is 13.4 Å². The lowest BCUT2D eigenvalue weighted by Gasteiger charge is -2.03. The van der Waals surface area contributed by atoms with Crippen LogP contribution in [0.2, 0.25) is 0 Å². The van der Waals surface area contributed by atoms with Crippen LogP contribution in [0.3, 0.4) is 0 Å². The van der Waals surface area contributed by atoms with E-state index in [1.54, 1.807) is 12.1 Å². The summed E-state index contributed by atoms with van der Waals surface area (Å²) < 4.78 is 22.9. The summed E-state index contributed by atoms with van der Waals surface area (Å²) in [4.78, 5) is 4.98. The Bertz CT molecular complexity index is 564. The number of hydrogen-bond acceptors (Lipinski definition) is 4. The molecule has 5 nitrogen and oxygen atoms in total. The van der Waals surface area contributed by atoms with Gasteiger partial charge in [0.2, 0.25) is 0 Å². The number of nitrogens with two attached hydrogens (primary N) is 1. The molecule has 1 rings (SSSR count). The Labute approximate surface area is 134 Å². The Morgan fingerprint density at radius 2 is 2.16 bits per heavy atom. The van der Waals surface area contributed by atoms with Crippen molar-refractivity contribution in [3.8, 4) is 0 Å². The highest BCUT2D eigenvalue weighted by Gasteiger charge is 2.10. The zero-order valence-corrected chi connectivity index (χ0v) is 14.8. The summed E-state index contributed by atoms with van der Waals surface area (Å²) in [6.07, 6.45) is 1.19. The zero-order chi connectivity index (χ0) is 13.8. The molecule has 1 aromatic rings. The second kappa shape index (κ2) is 7.85. The normalized spacial score (nSPS) is 11.8. The minimum absolute atomic E-state index is 0. The second-order valence-electron chi connectivity index (χ2n) is 4.01. The van der Waals surface area contributed by atoms with Crippen LogP contribution in [0.4, 0.5) is 0 Å². The number of nitrogens with one attached hydrogen (secondary N) is 1. The number of guanidine groups is 1. The predicted molar refractivity (Wildman–Crippen MR) is 91.0 cm³/mol. The van der Waals surface area contributed by atoms with Gasteiger partial charge in [0.05, 0.1) is 6.54 Å². The number of sulfone groups is 1. The molecule has 0 aliphatic rings. The van der Waals surface area contributed by atoms with Gasteiger partial charge in [-0.2, -0.15) is 0 Å². The molecular formula is C11H18IN3O2S2. The Kier molecular flexibility index (Phi) is 7.60. The Hall–Kier alpha value is -0.610. The first kappa shape index (κ1) is 18.4. The smallest absolute Gasteiger partial charge is 0.189 e. The minimum Gasteiger partial charge on any atom is -0.370 e. The van der Waals surface area contributed by atoms with Crippen molar-refractivity contribution < 1.29 is 8.42 Å². The van der Waals surface area contributed by atoms with Crippen LogP contribution < -0.4 is 11.1 Å². The quantitative estimate of drug-likeness (QED) is 0.332. The van der Waals surface area contributed by atoms with Gasteiger partial charge in [-0.3, -0.25) is 0 Å². The average molecular weight is 415 g/mol. The largest absolute Gasteiger partial charge is 0.370 e. The summed E-state index contributed by atoms with van der Waals surface area (Å²) in [5.41, 5.74) is 6.61. The van der Waals surface area contributed by atoms with Gasteiger partial charge in [0, 0.05) is 17.7 Å². The van der Waals surface area contributed by atoms with Crippen molar-refractivity contribution in [1.82, 2.24) is 5.32 Å². The lowest BCUT2D eigenvalue weighted by atomic mass is 10.3. The van der Waals surface area contributed by atoms with Crippen LogP contribution in [0, 0.1) is 0 Å². The van der Waals surface area contributed by atoms with Crippen LogP contribution in [0.25, 0.3) is 0 Å². The molecule has 0 bridgehead atoms. The van der Waals surface area contributed by atoms with Crippen LogP contribution in [0.5, 0.6) is 0 Å². The summed E-state index contributed by atoms with van der Waals surface area (Å²) in [5.74, 6) is 0.326. The van der Waals surface area contributed by atoms with Gasteiger partial charge in [-0.05, 0) is 19.1 Å². The van der Waals surface area contributed by atoms with Gasteiger partial charge in [0.15, 0.2) is 15.8 Å². The number of hydrogen-bond donors (Lipinski definition) is 2. The second-order valence-corrected chi connectivity index (χ2v) is 7.42. The average Bonchev–Trinajstić information content (AvgIpc) is 2.71. The SMILES string of the molecule is C=C(C)CNC(N)=NCc1ccc(S(C)(=O)=O)s1.I. The van der Waals surface area contributed by atoms with Crippen LogP contribution in [-0.4, -0.2) is 27.2 Å². The third kappa shape index (κ3) is 6.92. The van der Waals surface area contributed by atoms with Crippen molar-refractivity contribution in [3.05, 3.63) is 29.2 Å². The lowest BCUT2D eigenvalue weighted by molar-refractivity contribution is 0.604. The van der Waals surface area contributed by atoms with Crippen molar-refractivity contribution in [2.75, 3.05) is 12.8 Å². The number of rotatable bonds is 5. The van der Waals surface area contributed by atoms with Gasteiger partial charge in [-0.15, -0.1) is 35.3 Å². The molecule has 108 valence electrons. The highest BCUT2D eigenvalue weighted by atomic mass is 127. The molecule has 0 unspecified atom stereocenters. The molecule has 19 heavy (non-hydrogen) atoms. The van der Waals surface area contributed by atoms with E-state index in [9.17, 15) is 8.42 Å². The molecule has 0 atom stereocenters. The van der Waals surface area contributed by atoms with E-state index in [0.717, 1.165) is 10.5 Å². The summed E-state index contributed by atoms with van der Waals surface area (Å²) in [5, 5.41) is 2.90. The van der Waals surface area contributed by atoms with E-state index >= 15 is 0 Å². The van der Waals surface area contributed by atoms with Crippen LogP contribution in [-0.2, 0) is 16.4 Å². The summed E-state index contributed by atoms with van der Waals surface area (Å²) >= 11 is 1.21. The summed E-state index contributed by atoms with van der Waals surface area (Å²) in [6, 6.07) is 3.33. The third-order valence-corrected chi connectivity index (χ3v) is 4.87. The molecular weight excluding hydrogens is 397 g/mol. The first-order chi connectivity index (χ1) is 8.29. The standard InChI is InChI=1S/C11H17N3O2S2.HI/c1-8(2)6-13-11(12)14-7-9-4-5-10(17-9)18(3,15)16;/h4-5H,1,6-7H2,2-3H3,(H3,12,13,14);1H. The fraction of sp³-hybridized carbons (Fsp3) is 0.364. The van der Waals surface area contributed by atoms with E-state index in [1.807, 2.05) is 6.92 Å². The molecule has 0 saturated carbocycles. The molecule has 1 heterocycles. The highest BCUT2D eigenvalue weighted by molar-refractivity contribution is 14.0. The van der Waals surface area contributed by atoms with Crippen molar-refractivity contribution in [1.29, 1.82) is 0 Å². The van der Waals surface area contributed by atoms with Gasteiger partial charge in [-0.1, -0.05) is 12.2 Å². The molecule has 0 aliphatic heterocycles. The zero-order valence-electron chi connectivity index (χ0n) is 10.8. The molecule has 1 aromatic heterocycles. The van der Waals surface area contributed by atoms with E-state index in [2.05, 4.69) is 16.9 Å². The Morgan fingerprint density at radius 3 is 2.63 bits per heavy atom. The first-order valence-corrected chi connectivity index (χ1v) is 7.97. The highest BCUT2D eigenvalue weighted by Crippen LogP contribution is 2.21. The maximum Gasteiger partial charge on any atom is 0.189 e. The van der Waals surface area contributed by atoms with Gasteiger partial charge < -0.3 is 11.1 Å². The monoisotopic (exact) mass is 415 g/mol. The molecule has 0 spiro atoms. The van der Waals surface area contributed by atoms with Crippen molar-refractivity contribution in [2.45, 2.75) is 17.7 Å². The first-order valence-electron chi connectivity index (χ1n) is 5.26. The molecule has 0 aromatic carbocycles. The van der Waals surface area contributed by atoms with Crippen molar-refractivity contribution >= 4 is 51.1 Å². The van der Waals surface area contributed by atoms with Gasteiger partial charge in [0.1, 0.15) is 4.21 Å². The number of aliphatic imine (C=N–C) groups is 1. The van der Waals surface area contributed by atoms with Gasteiger partial charge >= 0.3 is 0 Å². The van der Waals surface area contributed by atoms with Crippen LogP contribution in [0.1, 0.15) is 11.8 Å². The van der Waals surface area contributed by atoms with Crippen LogP contribution in [0.15, 0.2) is 33.5 Å². The topological polar surface area (TPSA) is 84.5 Å². The number of nitrogens with zero attached hydrogens (tertiary/aromatic N) is 1. The molecule has 0 saturated heterocycles. The summed E-state index contributed by atoms with van der Waals surface area (Å²) in [6.45, 7) is 6.57. The van der Waals surface area contributed by atoms with E-state index in [0.29, 0.717) is 23.3 Å². The van der Waals surface area contributed by atoms with E-state index < -0.39 is 9.84 Å². The van der Waals surface area contributed by atoms with Crippen molar-refractivity contribution in [3.63, 3.8) is 0 Å². The summed E-state index contributed by atoms with van der Waals surface area (Å²) in [7, 11) is -3.13. The molecule has 0 aliphatic carbocycles. The van der Waals surface area contributed by atoms with Gasteiger partial charge in [0.25, 0.3) is 0 Å². The maximum absolute atomic E-state index is 11.3. The fourth-order valence-corrected chi connectivity index (χ4v) is 3.00. The maximum atomic E-state index is 11.3. The molecule has 0 amide bonds. The minimum atomic E-state index is -3.13. The molecule has 0 fully saturated rings. The number of halogens is 1. The lowest BCUT2D eigenvalue weighted by Crippen LogP contribution is -2.32. The molecule has 0 radical (unpaired) electrons. The predicted octanol–water partition coefficient (Wildman–Crippen LogP) is 1.75. The van der Waals surface area contributed by atoms with E-state index in [4.69, 9.17) is 5.73 Å². The van der Waals surface area contributed by atoms with Crippen LogP contribution >= 0.6 is 35.3 Å². The van der Waals surface area contributed by atoms with Crippen molar-refractivity contribution in [2.24, 2.45) is 10.7 Å².